The van der Waals surface area contributed by atoms with E-state index < -0.39 is 10.0 Å². The van der Waals surface area contributed by atoms with Crippen LogP contribution in [0.1, 0.15) is 35.3 Å². The summed E-state index contributed by atoms with van der Waals surface area (Å²) in [6.07, 6.45) is 0. The fourth-order valence-corrected chi connectivity index (χ4v) is 3.74. The number of carbonyl (C=O) groups is 1. The highest BCUT2D eigenvalue weighted by atomic mass is 32.2. The van der Waals surface area contributed by atoms with Gasteiger partial charge in [-0.1, -0.05) is 18.2 Å². The molecule has 2 rings (SSSR count). The van der Waals surface area contributed by atoms with E-state index in [4.69, 9.17) is 0 Å². The highest BCUT2D eigenvalue weighted by molar-refractivity contribution is 7.89. The molecule has 25 heavy (non-hydrogen) atoms. The summed E-state index contributed by atoms with van der Waals surface area (Å²) < 4.78 is 26.5. The fourth-order valence-electron chi connectivity index (χ4n) is 2.32. The van der Waals surface area contributed by atoms with Crippen molar-refractivity contribution in [1.29, 1.82) is 0 Å². The molecule has 0 heterocycles. The van der Waals surface area contributed by atoms with E-state index in [-0.39, 0.29) is 16.8 Å². The number of sulfonamides is 1. The lowest BCUT2D eigenvalue weighted by molar-refractivity contribution is 0.102. The molecule has 2 aromatic rings. The Kier molecular flexibility index (Phi) is 5.65. The molecule has 0 aliphatic carbocycles. The molecule has 0 aliphatic heterocycles. The van der Waals surface area contributed by atoms with E-state index in [0.717, 1.165) is 16.8 Å². The lowest BCUT2D eigenvalue weighted by Gasteiger charge is -2.21. The number of hydrogen-bond donors (Lipinski definition) is 1. The van der Waals surface area contributed by atoms with Gasteiger partial charge in [0.15, 0.2) is 0 Å². The molecule has 6 heteroatoms. The van der Waals surface area contributed by atoms with Crippen molar-refractivity contribution in [2.45, 2.75) is 38.6 Å². The first-order valence-electron chi connectivity index (χ1n) is 8.10. The minimum atomic E-state index is -3.63. The van der Waals surface area contributed by atoms with Gasteiger partial charge in [0.05, 0.1) is 4.90 Å². The first kappa shape index (κ1) is 19.1. The van der Waals surface area contributed by atoms with Gasteiger partial charge < -0.3 is 5.32 Å². The Balaban J connectivity index is 2.32. The van der Waals surface area contributed by atoms with Crippen LogP contribution in [0.2, 0.25) is 0 Å². The Labute approximate surface area is 149 Å². The van der Waals surface area contributed by atoms with E-state index in [1.807, 2.05) is 32.0 Å². The topological polar surface area (TPSA) is 66.5 Å². The molecule has 1 amide bonds. The van der Waals surface area contributed by atoms with Crippen LogP contribution in [-0.4, -0.2) is 31.7 Å². The Morgan fingerprint density at radius 2 is 1.72 bits per heavy atom. The minimum Gasteiger partial charge on any atom is -0.322 e. The number of rotatable bonds is 5. The number of carbonyl (C=O) groups excluding carboxylic acids is 1. The summed E-state index contributed by atoms with van der Waals surface area (Å²) in [5.74, 6) is -0.335. The van der Waals surface area contributed by atoms with Crippen LogP contribution in [0.15, 0.2) is 47.4 Å². The van der Waals surface area contributed by atoms with E-state index >= 15 is 0 Å². The van der Waals surface area contributed by atoms with E-state index in [9.17, 15) is 13.2 Å². The van der Waals surface area contributed by atoms with Crippen molar-refractivity contribution in [2.24, 2.45) is 0 Å². The molecule has 1 N–H and O–H groups in total. The summed E-state index contributed by atoms with van der Waals surface area (Å²) in [5, 5.41) is 2.85. The molecular formula is C19H24N2O3S. The van der Waals surface area contributed by atoms with Gasteiger partial charge in [0, 0.05) is 24.3 Å². The van der Waals surface area contributed by atoms with Crippen LogP contribution in [0.25, 0.3) is 0 Å². The van der Waals surface area contributed by atoms with Crippen LogP contribution in [0.5, 0.6) is 0 Å². The molecule has 0 aromatic heterocycles. The number of anilines is 1. The lowest BCUT2D eigenvalue weighted by atomic mass is 10.1. The Hall–Kier alpha value is -2.18. The molecule has 134 valence electrons. The van der Waals surface area contributed by atoms with Gasteiger partial charge in [0.25, 0.3) is 5.91 Å². The first-order valence-corrected chi connectivity index (χ1v) is 9.54. The normalized spacial score (nSPS) is 11.8. The maximum atomic E-state index is 12.6. The van der Waals surface area contributed by atoms with Gasteiger partial charge in [-0.3, -0.25) is 4.79 Å². The summed E-state index contributed by atoms with van der Waals surface area (Å²) in [6, 6.07) is 11.6. The molecule has 0 spiro atoms. The zero-order chi connectivity index (χ0) is 18.8. The van der Waals surface area contributed by atoms with E-state index in [2.05, 4.69) is 5.32 Å². The zero-order valence-corrected chi connectivity index (χ0v) is 16.0. The molecule has 0 bridgehead atoms. The third kappa shape index (κ3) is 4.08. The predicted molar refractivity (Wildman–Crippen MR) is 100 cm³/mol. The van der Waals surface area contributed by atoms with Crippen molar-refractivity contribution in [3.63, 3.8) is 0 Å². The molecule has 0 fully saturated rings. The summed E-state index contributed by atoms with van der Waals surface area (Å²) in [5.41, 5.74) is 3.09. The zero-order valence-electron chi connectivity index (χ0n) is 15.2. The van der Waals surface area contributed by atoms with Crippen molar-refractivity contribution >= 4 is 21.6 Å². The van der Waals surface area contributed by atoms with Gasteiger partial charge in [-0.2, -0.15) is 4.31 Å². The first-order chi connectivity index (χ1) is 11.6. The molecule has 0 saturated heterocycles. The summed E-state index contributed by atoms with van der Waals surface area (Å²) >= 11 is 0. The van der Waals surface area contributed by atoms with Gasteiger partial charge in [-0.15, -0.1) is 0 Å². The number of nitrogens with one attached hydrogen (secondary N) is 1. The van der Waals surface area contributed by atoms with Crippen LogP contribution in [0, 0.1) is 13.8 Å². The number of amides is 1. The Morgan fingerprint density at radius 1 is 1.08 bits per heavy atom. The highest BCUT2D eigenvalue weighted by Gasteiger charge is 2.24. The number of nitrogens with zero attached hydrogens (tertiary/aromatic N) is 1. The largest absolute Gasteiger partial charge is 0.322 e. The number of hydrogen-bond acceptors (Lipinski definition) is 3. The third-order valence-electron chi connectivity index (χ3n) is 4.35. The number of aryl methyl sites for hydroxylation is 1. The highest BCUT2D eigenvalue weighted by Crippen LogP contribution is 2.21. The SMILES string of the molecule is Cc1cccc(NC(=O)c2cccc(S(=O)(=O)N(C)C(C)C)c2)c1C. The van der Waals surface area contributed by atoms with Crippen LogP contribution in [0.3, 0.4) is 0 Å². The Bertz CT molecular complexity index is 889. The quantitative estimate of drug-likeness (QED) is 0.886. The predicted octanol–water partition coefficient (Wildman–Crippen LogP) is 3.58. The number of benzene rings is 2. The van der Waals surface area contributed by atoms with Crippen LogP contribution >= 0.6 is 0 Å². The van der Waals surface area contributed by atoms with Crippen LogP contribution < -0.4 is 5.32 Å². The molecule has 0 saturated carbocycles. The maximum Gasteiger partial charge on any atom is 0.255 e. The van der Waals surface area contributed by atoms with Crippen molar-refractivity contribution in [3.8, 4) is 0 Å². The van der Waals surface area contributed by atoms with Crippen molar-refractivity contribution in [2.75, 3.05) is 12.4 Å². The van der Waals surface area contributed by atoms with Gasteiger partial charge >= 0.3 is 0 Å². The van der Waals surface area contributed by atoms with Gasteiger partial charge in [0.1, 0.15) is 0 Å². The smallest absolute Gasteiger partial charge is 0.255 e. The van der Waals surface area contributed by atoms with E-state index in [1.165, 1.54) is 23.5 Å². The summed E-state index contributed by atoms with van der Waals surface area (Å²) in [6.45, 7) is 7.51. The fraction of sp³-hybridized carbons (Fsp3) is 0.316. The monoisotopic (exact) mass is 360 g/mol. The molecule has 0 aliphatic rings. The van der Waals surface area contributed by atoms with E-state index in [1.54, 1.807) is 26.0 Å². The van der Waals surface area contributed by atoms with Gasteiger partial charge in [-0.25, -0.2) is 8.42 Å². The standard InChI is InChI=1S/C19H24N2O3S/c1-13(2)21(5)25(23,24)17-10-7-9-16(12-17)19(22)20-18-11-6-8-14(3)15(18)4/h6-13H,1-5H3,(H,20,22). The second kappa shape index (κ2) is 7.37. The second-order valence-electron chi connectivity index (χ2n) is 6.34. The average Bonchev–Trinajstić information content (AvgIpc) is 2.58. The molecule has 5 nitrogen and oxygen atoms in total. The van der Waals surface area contributed by atoms with Gasteiger partial charge in [0.2, 0.25) is 10.0 Å². The van der Waals surface area contributed by atoms with Crippen LogP contribution in [0.4, 0.5) is 5.69 Å². The molecule has 0 atom stereocenters. The molecular weight excluding hydrogens is 336 g/mol. The summed E-state index contributed by atoms with van der Waals surface area (Å²) in [7, 11) is -2.10. The van der Waals surface area contributed by atoms with E-state index in [0.29, 0.717) is 5.56 Å². The molecule has 2 aromatic carbocycles. The molecule has 0 radical (unpaired) electrons. The minimum absolute atomic E-state index is 0.109. The second-order valence-corrected chi connectivity index (χ2v) is 8.34. The lowest BCUT2D eigenvalue weighted by Crippen LogP contribution is -2.33. The van der Waals surface area contributed by atoms with Crippen LogP contribution in [-0.2, 0) is 10.0 Å². The van der Waals surface area contributed by atoms with Crippen molar-refractivity contribution in [1.82, 2.24) is 4.31 Å². The average molecular weight is 360 g/mol. The van der Waals surface area contributed by atoms with Gasteiger partial charge in [-0.05, 0) is 63.1 Å². The third-order valence-corrected chi connectivity index (χ3v) is 6.38. The molecule has 0 unspecified atom stereocenters. The maximum absolute atomic E-state index is 12.6. The van der Waals surface area contributed by atoms with Crippen molar-refractivity contribution < 1.29 is 13.2 Å². The van der Waals surface area contributed by atoms with Crippen molar-refractivity contribution in [3.05, 3.63) is 59.2 Å². The Morgan fingerprint density at radius 3 is 2.36 bits per heavy atom. The summed E-state index contributed by atoms with van der Waals surface area (Å²) in [4.78, 5) is 12.6.